The molecule has 5 rings (SSSR count). The van der Waals surface area contributed by atoms with Gasteiger partial charge in [-0.15, -0.1) is 0 Å². The molecule has 1 N–H and O–H groups in total. The number of halogens is 6. The molecule has 0 atom stereocenters. The molecule has 3 aromatic rings. The van der Waals surface area contributed by atoms with Crippen LogP contribution in [0.2, 0.25) is 0 Å². The van der Waals surface area contributed by atoms with E-state index in [0.29, 0.717) is 18.2 Å². The van der Waals surface area contributed by atoms with E-state index in [4.69, 9.17) is 14.0 Å². The Morgan fingerprint density at radius 1 is 0.818 bits per heavy atom. The van der Waals surface area contributed by atoms with E-state index in [1.165, 1.54) is 0 Å². The van der Waals surface area contributed by atoms with Crippen LogP contribution in [-0.2, 0) is 26.4 Å². The van der Waals surface area contributed by atoms with Gasteiger partial charge in [0.15, 0.2) is 0 Å². The first-order valence-electron chi connectivity index (χ1n) is 13.9. The van der Waals surface area contributed by atoms with Crippen LogP contribution in [0, 0.1) is 0 Å². The summed E-state index contributed by atoms with van der Waals surface area (Å²) in [5.41, 5.74) is -2.16. The molecule has 0 saturated carbocycles. The zero-order valence-corrected chi connectivity index (χ0v) is 24.4. The smallest absolute Gasteiger partial charge is 0.449 e. The number of alkyl halides is 6. The molecule has 12 heteroatoms. The molecule has 0 unspecified atom stereocenters. The first-order chi connectivity index (χ1) is 20.5. The maximum Gasteiger partial charge on any atom is 0.492 e. The van der Waals surface area contributed by atoms with Crippen molar-refractivity contribution < 1.29 is 45.2 Å². The normalized spacial score (nSPS) is 17.8. The number of fused-ring (bicyclic) bond motifs is 3. The summed E-state index contributed by atoms with van der Waals surface area (Å²) in [6, 6.07) is 17.3. The fraction of sp³-hybridized carbons (Fsp3) is 0.344. The second kappa shape index (κ2) is 11.3. The predicted molar refractivity (Wildman–Crippen MR) is 154 cm³/mol. The third-order valence-corrected chi connectivity index (χ3v) is 8.38. The minimum atomic E-state index is -5.09. The van der Waals surface area contributed by atoms with E-state index < -0.39 is 60.0 Å². The summed E-state index contributed by atoms with van der Waals surface area (Å²) in [6.07, 6.45) is -10.4. The van der Waals surface area contributed by atoms with Gasteiger partial charge in [0.2, 0.25) is 0 Å². The van der Waals surface area contributed by atoms with Crippen molar-refractivity contribution in [1.82, 2.24) is 5.32 Å². The van der Waals surface area contributed by atoms with Crippen molar-refractivity contribution in [3.8, 4) is 11.1 Å². The molecular weight excluding hydrogens is 587 g/mol. The van der Waals surface area contributed by atoms with Crippen LogP contribution >= 0.6 is 0 Å². The fourth-order valence-electron chi connectivity index (χ4n) is 5.42. The Bertz CT molecular complexity index is 1500. The van der Waals surface area contributed by atoms with Gasteiger partial charge in [-0.1, -0.05) is 60.7 Å². The molecule has 1 fully saturated rings. The average molecular weight is 617 g/mol. The first-order valence-corrected chi connectivity index (χ1v) is 13.9. The first kappa shape index (κ1) is 31.7. The number of rotatable bonds is 6. The molecule has 0 spiro atoms. The highest BCUT2D eigenvalue weighted by Gasteiger charge is 2.52. The van der Waals surface area contributed by atoms with Crippen LogP contribution in [0.5, 0.6) is 0 Å². The van der Waals surface area contributed by atoms with Gasteiger partial charge < -0.3 is 19.4 Å². The highest BCUT2D eigenvalue weighted by atomic mass is 19.4. The van der Waals surface area contributed by atoms with Gasteiger partial charge in [-0.3, -0.25) is 0 Å². The molecule has 1 heterocycles. The number of nitrogens with one attached hydrogen (secondary N) is 1. The molecule has 2 aliphatic rings. The summed E-state index contributed by atoms with van der Waals surface area (Å²) < 4.78 is 101. The van der Waals surface area contributed by atoms with E-state index in [1.807, 2.05) is 48.5 Å². The lowest BCUT2D eigenvalue weighted by molar-refractivity contribution is -0.143. The third-order valence-electron chi connectivity index (χ3n) is 8.38. The molecule has 0 radical (unpaired) electrons. The zero-order chi connectivity index (χ0) is 32.1. The van der Waals surface area contributed by atoms with E-state index in [-0.39, 0.29) is 18.0 Å². The van der Waals surface area contributed by atoms with Crippen LogP contribution in [0.15, 0.2) is 72.2 Å². The van der Waals surface area contributed by atoms with Crippen molar-refractivity contribution in [1.29, 1.82) is 0 Å². The van der Waals surface area contributed by atoms with Crippen molar-refractivity contribution >= 4 is 19.3 Å². The number of hydrogen-bond donors (Lipinski definition) is 1. The number of amides is 1. The molecule has 5 nitrogen and oxygen atoms in total. The summed E-state index contributed by atoms with van der Waals surface area (Å²) in [5.74, 6) is -0.251. The second-order valence-electron chi connectivity index (χ2n) is 11.7. The molecule has 0 bridgehead atoms. The van der Waals surface area contributed by atoms with E-state index in [2.05, 4.69) is 5.32 Å². The van der Waals surface area contributed by atoms with E-state index in [0.717, 1.165) is 28.3 Å². The van der Waals surface area contributed by atoms with Crippen molar-refractivity contribution in [3.05, 3.63) is 100 Å². The Hall–Kier alpha value is -3.77. The van der Waals surface area contributed by atoms with Gasteiger partial charge in [0, 0.05) is 12.5 Å². The fourth-order valence-corrected chi connectivity index (χ4v) is 5.42. The van der Waals surface area contributed by atoms with Gasteiger partial charge in [0.05, 0.1) is 22.3 Å². The monoisotopic (exact) mass is 617 g/mol. The Labute approximate surface area is 251 Å². The van der Waals surface area contributed by atoms with Crippen LogP contribution in [0.4, 0.5) is 31.1 Å². The van der Waals surface area contributed by atoms with Gasteiger partial charge >= 0.3 is 25.6 Å². The largest absolute Gasteiger partial charge is 0.492 e. The average Bonchev–Trinajstić information content (AvgIpc) is 3.37. The van der Waals surface area contributed by atoms with Crippen LogP contribution < -0.4 is 5.32 Å². The third kappa shape index (κ3) is 6.10. The maximum atomic E-state index is 13.9. The number of carbonyl (C=O) groups is 1. The minimum absolute atomic E-state index is 0.0372. The molecule has 1 aliphatic carbocycles. The van der Waals surface area contributed by atoms with Crippen molar-refractivity contribution in [3.63, 3.8) is 0 Å². The maximum absolute atomic E-state index is 13.9. The Morgan fingerprint density at radius 2 is 1.30 bits per heavy atom. The molecule has 1 aliphatic heterocycles. The van der Waals surface area contributed by atoms with Crippen LogP contribution in [0.25, 0.3) is 17.2 Å². The summed E-state index contributed by atoms with van der Waals surface area (Å²) in [5, 5.41) is 2.47. The minimum Gasteiger partial charge on any atom is -0.449 e. The zero-order valence-electron chi connectivity index (χ0n) is 24.4. The van der Waals surface area contributed by atoms with E-state index in [1.54, 1.807) is 27.7 Å². The SMILES string of the molecule is CC1(C)OB(C(=Cc2c(C(F)(F)F)cccc2C(F)(F)F)CNC(=O)OCC2c3ccccc3-c3ccccc32)OC1(C)C. The number of hydrogen-bond acceptors (Lipinski definition) is 4. The molecule has 1 saturated heterocycles. The molecule has 1 amide bonds. The Kier molecular flexibility index (Phi) is 8.13. The van der Waals surface area contributed by atoms with Crippen LogP contribution in [-0.4, -0.2) is 37.6 Å². The topological polar surface area (TPSA) is 56.8 Å². The number of alkyl carbamates (subject to hydrolysis) is 1. The van der Waals surface area contributed by atoms with Crippen LogP contribution in [0.3, 0.4) is 0 Å². The summed E-state index contributed by atoms with van der Waals surface area (Å²) in [6.45, 7) is 6.22. The van der Waals surface area contributed by atoms with E-state index in [9.17, 15) is 31.1 Å². The van der Waals surface area contributed by atoms with Gasteiger partial charge in [0.25, 0.3) is 0 Å². The van der Waals surface area contributed by atoms with Gasteiger partial charge in [0.1, 0.15) is 6.61 Å². The Morgan fingerprint density at radius 3 is 1.77 bits per heavy atom. The molecule has 3 aromatic carbocycles. The number of carbonyl (C=O) groups excluding carboxylic acids is 1. The summed E-state index contributed by atoms with van der Waals surface area (Å²) >= 11 is 0. The predicted octanol–water partition coefficient (Wildman–Crippen LogP) is 8.28. The molecule has 232 valence electrons. The van der Waals surface area contributed by atoms with Crippen molar-refractivity contribution in [2.75, 3.05) is 13.2 Å². The summed E-state index contributed by atoms with van der Waals surface area (Å²) in [4.78, 5) is 12.9. The van der Waals surface area contributed by atoms with Gasteiger partial charge in [-0.05, 0) is 73.1 Å². The van der Waals surface area contributed by atoms with Gasteiger partial charge in [-0.2, -0.15) is 26.3 Å². The van der Waals surface area contributed by atoms with E-state index >= 15 is 0 Å². The lowest BCUT2D eigenvalue weighted by atomic mass is 9.76. The highest BCUT2D eigenvalue weighted by molar-refractivity contribution is 6.56. The number of benzene rings is 3. The summed E-state index contributed by atoms with van der Waals surface area (Å²) in [7, 11) is -1.35. The number of ether oxygens (including phenoxy) is 1. The van der Waals surface area contributed by atoms with Crippen molar-refractivity contribution in [2.24, 2.45) is 0 Å². The Balaban J connectivity index is 1.42. The molecular formula is C32H30BF6NO4. The lowest BCUT2D eigenvalue weighted by Crippen LogP contribution is -2.41. The van der Waals surface area contributed by atoms with Crippen LogP contribution in [0.1, 0.15) is 61.4 Å². The quantitative estimate of drug-likeness (QED) is 0.224. The molecule has 44 heavy (non-hydrogen) atoms. The molecule has 0 aromatic heterocycles. The lowest BCUT2D eigenvalue weighted by Gasteiger charge is -2.32. The second-order valence-corrected chi connectivity index (χ2v) is 11.7. The van der Waals surface area contributed by atoms with Gasteiger partial charge in [-0.25, -0.2) is 4.79 Å². The highest BCUT2D eigenvalue weighted by Crippen LogP contribution is 2.45. The standard InChI is InChI=1S/C32H30BF6NO4/c1-29(2)30(3,4)44-33(43-29)19(16-24-26(31(34,35)36)14-9-15-27(24)32(37,38)39)17-40-28(41)42-18-25-22-12-7-5-10-20(22)21-11-6-8-13-23(21)25/h5-16,25H,17-18H2,1-4H3,(H,40,41). The van der Waals surface area contributed by atoms with Crippen molar-refractivity contribution in [2.45, 2.75) is 57.2 Å².